The zero-order chi connectivity index (χ0) is 24.8. The van der Waals surface area contributed by atoms with Gasteiger partial charge in [-0.3, -0.25) is 4.79 Å². The number of ether oxygens (including phenoxy) is 1. The first-order valence-electron chi connectivity index (χ1n) is 10.3. The highest BCUT2D eigenvalue weighted by Crippen LogP contribution is 2.31. The summed E-state index contributed by atoms with van der Waals surface area (Å²) < 4.78 is 70.5. The fourth-order valence-electron chi connectivity index (χ4n) is 3.27. The zero-order valence-electron chi connectivity index (χ0n) is 18.3. The average molecular weight is 500 g/mol. The SMILES string of the molecule is COc1cccc(CNC(=O)CON=C2CCN(S(=O)(=O)c3cccc(C(F)(F)F)c3)CC2)c1. The maximum Gasteiger partial charge on any atom is 0.416 e. The number of methoxy groups -OCH3 is 1. The smallest absolute Gasteiger partial charge is 0.416 e. The molecule has 0 radical (unpaired) electrons. The van der Waals surface area contributed by atoms with E-state index >= 15 is 0 Å². The van der Waals surface area contributed by atoms with Crippen LogP contribution in [0.25, 0.3) is 0 Å². The lowest BCUT2D eigenvalue weighted by atomic mass is 10.1. The number of benzene rings is 2. The number of sulfonamides is 1. The van der Waals surface area contributed by atoms with Gasteiger partial charge in [-0.05, 0) is 35.9 Å². The molecule has 1 heterocycles. The van der Waals surface area contributed by atoms with Crippen LogP contribution in [-0.2, 0) is 32.4 Å². The molecule has 1 aliphatic heterocycles. The third-order valence-electron chi connectivity index (χ3n) is 5.11. The van der Waals surface area contributed by atoms with Gasteiger partial charge in [0, 0.05) is 32.5 Å². The first-order valence-corrected chi connectivity index (χ1v) is 11.8. The number of carbonyl (C=O) groups is 1. The molecule has 8 nitrogen and oxygen atoms in total. The minimum absolute atomic E-state index is 0.0445. The Morgan fingerprint density at radius 2 is 1.82 bits per heavy atom. The molecule has 34 heavy (non-hydrogen) atoms. The van der Waals surface area contributed by atoms with Gasteiger partial charge < -0.3 is 14.9 Å². The molecule has 1 aliphatic rings. The number of nitrogens with one attached hydrogen (secondary N) is 1. The van der Waals surface area contributed by atoms with Crippen molar-refractivity contribution in [1.82, 2.24) is 9.62 Å². The van der Waals surface area contributed by atoms with Crippen molar-refractivity contribution in [3.8, 4) is 5.75 Å². The maximum absolute atomic E-state index is 12.9. The molecule has 1 fully saturated rings. The van der Waals surface area contributed by atoms with Gasteiger partial charge in [-0.15, -0.1) is 0 Å². The number of hydrogen-bond donors (Lipinski definition) is 1. The van der Waals surface area contributed by atoms with E-state index < -0.39 is 26.7 Å². The van der Waals surface area contributed by atoms with Crippen molar-refractivity contribution >= 4 is 21.6 Å². The molecule has 0 unspecified atom stereocenters. The second-order valence-corrected chi connectivity index (χ2v) is 9.43. The predicted molar refractivity (Wildman–Crippen MR) is 118 cm³/mol. The quantitative estimate of drug-likeness (QED) is 0.563. The number of alkyl halides is 3. The number of carbonyl (C=O) groups excluding carboxylic acids is 1. The third kappa shape index (κ3) is 6.70. The summed E-state index contributed by atoms with van der Waals surface area (Å²) >= 11 is 0. The van der Waals surface area contributed by atoms with E-state index in [4.69, 9.17) is 9.57 Å². The van der Waals surface area contributed by atoms with Crippen LogP contribution < -0.4 is 10.1 Å². The molecule has 1 amide bonds. The molecule has 0 bridgehead atoms. The minimum atomic E-state index is -4.63. The van der Waals surface area contributed by atoms with Crippen molar-refractivity contribution < 1.29 is 36.0 Å². The van der Waals surface area contributed by atoms with Crippen molar-refractivity contribution in [2.45, 2.75) is 30.5 Å². The van der Waals surface area contributed by atoms with Crippen LogP contribution in [0.2, 0.25) is 0 Å². The van der Waals surface area contributed by atoms with Crippen LogP contribution in [0.4, 0.5) is 13.2 Å². The molecular formula is C22H24F3N3O5S. The molecular weight excluding hydrogens is 475 g/mol. The summed E-state index contributed by atoms with van der Waals surface area (Å²) in [6.45, 7) is 0.0731. The van der Waals surface area contributed by atoms with Gasteiger partial charge in [0.15, 0.2) is 6.61 Å². The van der Waals surface area contributed by atoms with Crippen LogP contribution in [0, 0.1) is 0 Å². The third-order valence-corrected chi connectivity index (χ3v) is 7.01. The molecule has 12 heteroatoms. The minimum Gasteiger partial charge on any atom is -0.497 e. The van der Waals surface area contributed by atoms with Gasteiger partial charge >= 0.3 is 6.18 Å². The molecule has 0 atom stereocenters. The Hall–Kier alpha value is -3.12. The lowest BCUT2D eigenvalue weighted by Crippen LogP contribution is -2.38. The second-order valence-electron chi connectivity index (χ2n) is 7.49. The van der Waals surface area contributed by atoms with Crippen molar-refractivity contribution in [2.24, 2.45) is 5.16 Å². The van der Waals surface area contributed by atoms with E-state index in [0.717, 1.165) is 28.1 Å². The number of amides is 1. The highest BCUT2D eigenvalue weighted by Gasteiger charge is 2.33. The molecule has 0 spiro atoms. The molecule has 0 aromatic heterocycles. The normalized spacial score (nSPS) is 15.0. The van der Waals surface area contributed by atoms with Gasteiger partial charge in [0.25, 0.3) is 5.91 Å². The first kappa shape index (κ1) is 25.5. The molecule has 0 saturated carbocycles. The number of halogens is 3. The van der Waals surface area contributed by atoms with Gasteiger partial charge in [-0.25, -0.2) is 8.42 Å². The Kier molecular flexibility index (Phi) is 8.15. The molecule has 1 N–H and O–H groups in total. The predicted octanol–water partition coefficient (Wildman–Crippen LogP) is 3.19. The fraction of sp³-hybridized carbons (Fsp3) is 0.364. The van der Waals surface area contributed by atoms with Crippen LogP contribution in [0.1, 0.15) is 24.0 Å². The van der Waals surface area contributed by atoms with Crippen LogP contribution >= 0.6 is 0 Å². The van der Waals surface area contributed by atoms with Crippen LogP contribution in [0.3, 0.4) is 0 Å². The van der Waals surface area contributed by atoms with Gasteiger partial charge in [0.05, 0.1) is 23.3 Å². The molecule has 2 aromatic rings. The summed E-state index contributed by atoms with van der Waals surface area (Å²) in [5.74, 6) is 0.299. The van der Waals surface area contributed by atoms with Crippen LogP contribution in [0.5, 0.6) is 5.75 Å². The monoisotopic (exact) mass is 499 g/mol. The summed E-state index contributed by atoms with van der Waals surface area (Å²) in [4.78, 5) is 16.6. The van der Waals surface area contributed by atoms with Crippen molar-refractivity contribution in [3.63, 3.8) is 0 Å². The largest absolute Gasteiger partial charge is 0.497 e. The first-order chi connectivity index (χ1) is 16.1. The van der Waals surface area contributed by atoms with Crippen molar-refractivity contribution in [1.29, 1.82) is 0 Å². The summed E-state index contributed by atoms with van der Waals surface area (Å²) in [6.07, 6.45) is -4.15. The Morgan fingerprint density at radius 1 is 1.12 bits per heavy atom. The Morgan fingerprint density at radius 3 is 2.50 bits per heavy atom. The van der Waals surface area contributed by atoms with E-state index in [1.54, 1.807) is 19.2 Å². The van der Waals surface area contributed by atoms with Crippen LogP contribution in [0.15, 0.2) is 58.6 Å². The Labute approximate surface area is 195 Å². The highest BCUT2D eigenvalue weighted by molar-refractivity contribution is 7.89. The van der Waals surface area contributed by atoms with E-state index in [0.29, 0.717) is 24.1 Å². The average Bonchev–Trinajstić information content (AvgIpc) is 2.83. The lowest BCUT2D eigenvalue weighted by molar-refractivity contribution is -0.137. The standard InChI is InChI=1S/C22H24F3N3O5S/c1-32-19-6-2-4-16(12-19)14-26-21(29)15-33-27-18-8-10-28(11-9-18)34(30,31)20-7-3-5-17(13-20)22(23,24)25/h2-7,12-13H,8-11,14-15H2,1H3,(H,26,29). The summed E-state index contributed by atoms with van der Waals surface area (Å²) in [5, 5.41) is 6.60. The van der Waals surface area contributed by atoms with Gasteiger partial charge in [-0.1, -0.05) is 23.4 Å². The highest BCUT2D eigenvalue weighted by atomic mass is 32.2. The van der Waals surface area contributed by atoms with E-state index in [9.17, 15) is 26.4 Å². The molecule has 184 valence electrons. The summed E-state index contributed by atoms with van der Waals surface area (Å²) in [6, 6.07) is 10.9. The molecule has 0 aliphatic carbocycles. The summed E-state index contributed by atoms with van der Waals surface area (Å²) in [5.41, 5.74) is 0.398. The summed E-state index contributed by atoms with van der Waals surface area (Å²) in [7, 11) is -2.52. The number of rotatable bonds is 8. The maximum atomic E-state index is 12.9. The van der Waals surface area contributed by atoms with Crippen LogP contribution in [-0.4, -0.2) is 51.1 Å². The number of piperidine rings is 1. The number of hydrogen-bond acceptors (Lipinski definition) is 6. The fourth-order valence-corrected chi connectivity index (χ4v) is 4.76. The van der Waals surface area contributed by atoms with E-state index in [1.165, 1.54) is 0 Å². The van der Waals surface area contributed by atoms with Gasteiger partial charge in [0.2, 0.25) is 10.0 Å². The molecule has 3 rings (SSSR count). The molecule has 1 saturated heterocycles. The number of nitrogens with zero attached hydrogens (tertiary/aromatic N) is 2. The number of oxime groups is 1. The van der Waals surface area contributed by atoms with Gasteiger partial charge in [0.1, 0.15) is 5.75 Å². The van der Waals surface area contributed by atoms with Crippen molar-refractivity contribution in [3.05, 3.63) is 59.7 Å². The zero-order valence-corrected chi connectivity index (χ0v) is 19.2. The topological polar surface area (TPSA) is 97.3 Å². The van der Waals surface area contributed by atoms with Gasteiger partial charge in [-0.2, -0.15) is 17.5 Å². The lowest BCUT2D eigenvalue weighted by Gasteiger charge is -2.26. The Balaban J connectivity index is 1.47. The second kappa shape index (κ2) is 10.9. The van der Waals surface area contributed by atoms with E-state index in [-0.39, 0.29) is 38.4 Å². The van der Waals surface area contributed by atoms with E-state index in [1.807, 2.05) is 12.1 Å². The Bertz CT molecular complexity index is 1140. The molecule has 2 aromatic carbocycles. The van der Waals surface area contributed by atoms with Crippen molar-refractivity contribution in [2.75, 3.05) is 26.8 Å². The van der Waals surface area contributed by atoms with E-state index in [2.05, 4.69) is 10.5 Å².